The van der Waals surface area contributed by atoms with Gasteiger partial charge in [0, 0.05) is 0 Å². The fraction of sp³-hybridized carbons (Fsp3) is 0.500. The Labute approximate surface area is 126 Å². The van der Waals surface area contributed by atoms with E-state index in [0.717, 1.165) is 12.0 Å². The Kier molecular flexibility index (Phi) is 10.5. The number of carbonyl (C=O) groups is 1. The van der Waals surface area contributed by atoms with E-state index in [2.05, 4.69) is 4.65 Å². The molecule has 7 heteroatoms. The van der Waals surface area contributed by atoms with E-state index in [9.17, 15) is 4.79 Å². The zero-order valence-electron chi connectivity index (χ0n) is 12.5. The number of benzene rings is 1. The standard InChI is InChI=1S/C9H11NO2.C5H13BNO2/c10-8(9(11)12)6-7-4-2-1-3-5-7;1-4(2)3-5(7)9-6-8/h1-5,8H,6,10H2,(H,11,12);4-5,8H,3,7H2,1-2H3/t8-;5-/m01/s1. The maximum Gasteiger partial charge on any atom is 0.486 e. The van der Waals surface area contributed by atoms with Crippen molar-refractivity contribution in [2.45, 2.75) is 39.0 Å². The highest BCUT2D eigenvalue weighted by Gasteiger charge is 2.10. The molecule has 1 radical (unpaired) electrons. The van der Waals surface area contributed by atoms with Gasteiger partial charge in [-0.2, -0.15) is 0 Å². The van der Waals surface area contributed by atoms with Crippen LogP contribution in [0.1, 0.15) is 25.8 Å². The van der Waals surface area contributed by atoms with Crippen LogP contribution in [0.4, 0.5) is 0 Å². The van der Waals surface area contributed by atoms with E-state index in [-0.39, 0.29) is 6.23 Å². The van der Waals surface area contributed by atoms with Crippen molar-refractivity contribution in [3.05, 3.63) is 35.9 Å². The van der Waals surface area contributed by atoms with E-state index in [1.54, 1.807) is 0 Å². The molecule has 21 heavy (non-hydrogen) atoms. The number of carboxylic acid groups (broad SMARTS) is 1. The Morgan fingerprint density at radius 2 is 1.86 bits per heavy atom. The molecule has 6 nitrogen and oxygen atoms in total. The van der Waals surface area contributed by atoms with Crippen LogP contribution in [0, 0.1) is 5.92 Å². The maximum atomic E-state index is 10.4. The summed E-state index contributed by atoms with van der Waals surface area (Å²) in [5, 5.41) is 16.6. The topological polar surface area (TPSA) is 119 Å². The number of aliphatic carboxylic acids is 1. The van der Waals surface area contributed by atoms with Gasteiger partial charge in [0.25, 0.3) is 0 Å². The first kappa shape index (κ1) is 19.6. The molecule has 0 amide bonds. The lowest BCUT2D eigenvalue weighted by molar-refractivity contribution is -0.138. The van der Waals surface area contributed by atoms with Crippen molar-refractivity contribution in [1.82, 2.24) is 0 Å². The van der Waals surface area contributed by atoms with Crippen LogP contribution in [-0.4, -0.2) is 36.1 Å². The minimum absolute atomic E-state index is 0.366. The lowest BCUT2D eigenvalue weighted by atomic mass is 10.1. The van der Waals surface area contributed by atoms with E-state index >= 15 is 0 Å². The molecule has 6 N–H and O–H groups in total. The van der Waals surface area contributed by atoms with E-state index < -0.39 is 12.0 Å². The number of nitrogens with two attached hydrogens (primary N) is 2. The van der Waals surface area contributed by atoms with Gasteiger partial charge in [0.2, 0.25) is 0 Å². The zero-order chi connectivity index (χ0) is 16.3. The quantitative estimate of drug-likeness (QED) is 0.429. The van der Waals surface area contributed by atoms with Crippen LogP contribution < -0.4 is 11.5 Å². The van der Waals surface area contributed by atoms with Crippen LogP contribution in [-0.2, 0) is 15.9 Å². The maximum absolute atomic E-state index is 10.4. The lowest BCUT2D eigenvalue weighted by Gasteiger charge is -2.12. The third-order valence-corrected chi connectivity index (χ3v) is 2.56. The highest BCUT2D eigenvalue weighted by molar-refractivity contribution is 6.15. The number of rotatable bonds is 7. The molecule has 0 saturated carbocycles. The fourth-order valence-corrected chi connectivity index (χ4v) is 1.55. The number of hydrogen-bond acceptors (Lipinski definition) is 5. The molecule has 0 aliphatic heterocycles. The highest BCUT2D eigenvalue weighted by atomic mass is 16.5. The van der Waals surface area contributed by atoms with Gasteiger partial charge in [-0.1, -0.05) is 44.2 Å². The molecular formula is C14H24BN2O4. The first-order chi connectivity index (χ1) is 9.86. The van der Waals surface area contributed by atoms with Gasteiger partial charge in [-0.05, 0) is 24.3 Å². The van der Waals surface area contributed by atoms with Crippen molar-refractivity contribution in [2.75, 3.05) is 0 Å². The number of hydrogen-bond donors (Lipinski definition) is 4. The Morgan fingerprint density at radius 3 is 2.29 bits per heavy atom. The van der Waals surface area contributed by atoms with Gasteiger partial charge in [0.15, 0.2) is 0 Å². The molecular weight excluding hydrogens is 271 g/mol. The SMILES string of the molecule is CC(C)C[C@H](N)O[B]O.N[C@@H](Cc1ccccc1)C(=O)O. The molecule has 117 valence electrons. The first-order valence-electron chi connectivity index (χ1n) is 6.76. The van der Waals surface area contributed by atoms with Crippen LogP contribution in [0.25, 0.3) is 0 Å². The summed E-state index contributed by atoms with van der Waals surface area (Å²) in [7, 11) is 0.632. The van der Waals surface area contributed by atoms with Gasteiger partial charge in [0.05, 0.1) is 6.23 Å². The number of carboxylic acids is 1. The van der Waals surface area contributed by atoms with Crippen molar-refractivity contribution in [3.63, 3.8) is 0 Å². The summed E-state index contributed by atoms with van der Waals surface area (Å²) in [5.41, 5.74) is 11.7. The Balaban J connectivity index is 0.000000400. The largest absolute Gasteiger partial charge is 0.486 e. The predicted molar refractivity (Wildman–Crippen MR) is 82.2 cm³/mol. The van der Waals surface area contributed by atoms with Gasteiger partial charge in [-0.15, -0.1) is 0 Å². The Bertz CT molecular complexity index is 390. The van der Waals surface area contributed by atoms with Crippen LogP contribution in [0.2, 0.25) is 0 Å². The van der Waals surface area contributed by atoms with Crippen LogP contribution in [0.5, 0.6) is 0 Å². The lowest BCUT2D eigenvalue weighted by Crippen LogP contribution is -2.32. The van der Waals surface area contributed by atoms with Crippen molar-refractivity contribution < 1.29 is 19.6 Å². The van der Waals surface area contributed by atoms with Gasteiger partial charge < -0.3 is 26.3 Å². The molecule has 1 aromatic carbocycles. The molecule has 0 spiro atoms. The molecule has 0 aliphatic rings. The van der Waals surface area contributed by atoms with E-state index in [0.29, 0.717) is 20.0 Å². The summed E-state index contributed by atoms with van der Waals surface area (Å²) in [5.74, 6) is -0.459. The molecule has 0 fully saturated rings. The normalized spacial score (nSPS) is 13.0. The smallest absolute Gasteiger partial charge is 0.480 e. The van der Waals surface area contributed by atoms with Crippen LogP contribution >= 0.6 is 0 Å². The van der Waals surface area contributed by atoms with Crippen molar-refractivity contribution in [2.24, 2.45) is 17.4 Å². The summed E-state index contributed by atoms with van der Waals surface area (Å²) >= 11 is 0. The molecule has 0 aromatic heterocycles. The van der Waals surface area contributed by atoms with Gasteiger partial charge in [0.1, 0.15) is 6.04 Å². The molecule has 0 unspecified atom stereocenters. The Morgan fingerprint density at radius 1 is 1.29 bits per heavy atom. The van der Waals surface area contributed by atoms with Crippen molar-refractivity contribution in [1.29, 1.82) is 0 Å². The fourth-order valence-electron chi connectivity index (χ4n) is 1.55. The van der Waals surface area contributed by atoms with E-state index in [1.165, 1.54) is 0 Å². The molecule has 0 bridgehead atoms. The average molecular weight is 295 g/mol. The summed E-state index contributed by atoms with van der Waals surface area (Å²) in [6.07, 6.45) is 0.780. The predicted octanol–water partition coefficient (Wildman–Crippen LogP) is 0.501. The van der Waals surface area contributed by atoms with E-state index in [1.807, 2.05) is 44.2 Å². The van der Waals surface area contributed by atoms with E-state index in [4.69, 9.17) is 21.6 Å². The molecule has 1 rings (SSSR count). The summed E-state index contributed by atoms with van der Waals surface area (Å²) < 4.78 is 4.56. The molecule has 2 atom stereocenters. The minimum atomic E-state index is -0.959. The third kappa shape index (κ3) is 11.0. The van der Waals surface area contributed by atoms with Gasteiger partial charge >= 0.3 is 13.7 Å². The molecule has 1 aromatic rings. The Hall–Kier alpha value is -1.41. The van der Waals surface area contributed by atoms with Crippen LogP contribution in [0.15, 0.2) is 30.3 Å². The summed E-state index contributed by atoms with van der Waals surface area (Å²) in [4.78, 5) is 10.4. The monoisotopic (exact) mass is 295 g/mol. The van der Waals surface area contributed by atoms with Crippen LogP contribution in [0.3, 0.4) is 0 Å². The highest BCUT2D eigenvalue weighted by Crippen LogP contribution is 2.02. The molecule has 0 heterocycles. The second-order valence-electron chi connectivity index (χ2n) is 5.04. The van der Waals surface area contributed by atoms with Crippen molar-refractivity contribution in [3.8, 4) is 0 Å². The molecule has 0 saturated heterocycles. The zero-order valence-corrected chi connectivity index (χ0v) is 12.5. The van der Waals surface area contributed by atoms with Gasteiger partial charge in [-0.25, -0.2) is 0 Å². The van der Waals surface area contributed by atoms with Crippen molar-refractivity contribution >= 4 is 13.7 Å². The third-order valence-electron chi connectivity index (χ3n) is 2.56. The minimum Gasteiger partial charge on any atom is -0.480 e. The first-order valence-corrected chi connectivity index (χ1v) is 6.76. The summed E-state index contributed by atoms with van der Waals surface area (Å²) in [6.45, 7) is 4.08. The second kappa shape index (κ2) is 11.3. The average Bonchev–Trinajstić information content (AvgIpc) is 2.39. The molecule has 0 aliphatic carbocycles. The van der Waals surface area contributed by atoms with Gasteiger partial charge in [-0.3, -0.25) is 4.79 Å². The second-order valence-corrected chi connectivity index (χ2v) is 5.04. The summed E-state index contributed by atoms with van der Waals surface area (Å²) in [6, 6.07) is 8.54.